The summed E-state index contributed by atoms with van der Waals surface area (Å²) in [6.45, 7) is 13.6. The topological polar surface area (TPSA) is 75.1 Å². The maximum atomic E-state index is 12.0. The van der Waals surface area contributed by atoms with E-state index in [2.05, 4.69) is 57.4 Å². The molecule has 0 fully saturated rings. The molecule has 0 aromatic rings. The van der Waals surface area contributed by atoms with Crippen molar-refractivity contribution in [2.75, 3.05) is 87.7 Å². The third-order valence-electron chi connectivity index (χ3n) is 6.17. The molecular weight excluding hydrogens is 418 g/mol. The quantitative estimate of drug-likeness (QED) is 0.189. The van der Waals surface area contributed by atoms with Crippen molar-refractivity contribution < 1.29 is 23.7 Å². The smallest absolute Gasteiger partial charge is 0.219 e. The number of amides is 2. The van der Waals surface area contributed by atoms with Gasteiger partial charge in [0.15, 0.2) is 0 Å². The highest BCUT2D eigenvalue weighted by Crippen LogP contribution is 2.01. The molecule has 0 aliphatic rings. The van der Waals surface area contributed by atoms with Crippen molar-refractivity contribution in [1.29, 1.82) is 0 Å². The van der Waals surface area contributed by atoms with Gasteiger partial charge in [-0.1, -0.05) is 0 Å². The number of rotatable bonds is 19. The van der Waals surface area contributed by atoms with E-state index in [1.54, 1.807) is 0 Å². The summed E-state index contributed by atoms with van der Waals surface area (Å²) >= 11 is 0. The fourth-order valence-corrected chi connectivity index (χ4v) is 3.21. The summed E-state index contributed by atoms with van der Waals surface area (Å²) < 4.78 is 6.58. The van der Waals surface area contributed by atoms with Crippen molar-refractivity contribution in [1.82, 2.24) is 15.5 Å². The number of carbonyl (C=O) groups is 2. The van der Waals surface area contributed by atoms with Gasteiger partial charge >= 0.3 is 0 Å². The molecule has 8 heteroatoms. The Morgan fingerprint density at radius 3 is 1.94 bits per heavy atom. The molecule has 0 heterocycles. The molecule has 0 aliphatic heterocycles. The van der Waals surface area contributed by atoms with Crippen molar-refractivity contribution >= 4 is 11.8 Å². The van der Waals surface area contributed by atoms with Gasteiger partial charge in [-0.3, -0.25) is 9.59 Å². The molecule has 0 radical (unpaired) electrons. The number of carbonyl (C=O) groups excluding carboxylic acids is 2. The Labute approximate surface area is 204 Å². The van der Waals surface area contributed by atoms with Gasteiger partial charge in [0.05, 0.1) is 53.0 Å². The van der Waals surface area contributed by atoms with Crippen LogP contribution in [0.4, 0.5) is 0 Å². The van der Waals surface area contributed by atoms with Crippen LogP contribution < -0.4 is 15.5 Å². The van der Waals surface area contributed by atoms with E-state index in [9.17, 15) is 9.59 Å². The Bertz CT molecular complexity index is 533. The molecule has 2 amide bonds. The lowest BCUT2D eigenvalue weighted by atomic mass is 10.1. The van der Waals surface area contributed by atoms with Gasteiger partial charge in [-0.2, -0.15) is 0 Å². The van der Waals surface area contributed by atoms with Gasteiger partial charge in [0, 0.05) is 45.3 Å². The minimum atomic E-state index is 0.0842. The van der Waals surface area contributed by atoms with Gasteiger partial charge in [-0.25, -0.2) is 0 Å². The maximum absolute atomic E-state index is 12.0. The Hall–Kier alpha value is -1.22. The van der Waals surface area contributed by atoms with E-state index in [4.69, 9.17) is 4.74 Å². The monoisotopic (exact) mass is 473 g/mol. The van der Waals surface area contributed by atoms with Gasteiger partial charge in [0.2, 0.25) is 11.8 Å². The average Bonchev–Trinajstić information content (AvgIpc) is 2.70. The number of quaternary nitrogens is 2. The highest BCUT2D eigenvalue weighted by molar-refractivity contribution is 5.77. The molecule has 3 N–H and O–H groups in total. The van der Waals surface area contributed by atoms with Crippen LogP contribution in [0.3, 0.4) is 0 Å². The van der Waals surface area contributed by atoms with Gasteiger partial charge in [0.1, 0.15) is 6.54 Å². The van der Waals surface area contributed by atoms with Crippen LogP contribution in [-0.2, 0) is 14.3 Å². The third-order valence-corrected chi connectivity index (χ3v) is 6.17. The van der Waals surface area contributed by atoms with Crippen LogP contribution in [0, 0.1) is 0 Å². The minimum Gasteiger partial charge on any atom is -0.374 e. The third kappa shape index (κ3) is 19.9. The van der Waals surface area contributed by atoms with Crippen LogP contribution in [0.2, 0.25) is 0 Å². The number of nitrogens with one attached hydrogen (secondary N) is 3. The van der Waals surface area contributed by atoms with Crippen LogP contribution in [0.25, 0.3) is 0 Å². The lowest BCUT2D eigenvalue weighted by molar-refractivity contribution is -0.927. The number of nitrogens with zero attached hydrogens (tertiary/aromatic N) is 2. The first-order valence-electron chi connectivity index (χ1n) is 12.7. The van der Waals surface area contributed by atoms with E-state index < -0.39 is 0 Å². The zero-order valence-electron chi connectivity index (χ0n) is 23.0. The van der Waals surface area contributed by atoms with Gasteiger partial charge < -0.3 is 29.7 Å². The first kappa shape index (κ1) is 31.8. The summed E-state index contributed by atoms with van der Waals surface area (Å²) in [4.78, 5) is 27.6. The standard InChI is InChI=1S/C25H53N5O3/c1-25(2,3)29(6)17-11-15-26-23(31)13-9-10-14-24(32)27-16-12-19-30(7,8)20-22-33-21-18-28(4)5/h9-22H2,1-8H3,(H-,26,27,31,32)/p+2. The molecule has 0 aromatic carbocycles. The lowest BCUT2D eigenvalue weighted by Crippen LogP contribution is -3.16. The highest BCUT2D eigenvalue weighted by Gasteiger charge is 2.20. The van der Waals surface area contributed by atoms with Crippen LogP contribution in [-0.4, -0.2) is 114 Å². The molecule has 33 heavy (non-hydrogen) atoms. The normalized spacial score (nSPS) is 13.2. The fraction of sp³-hybridized carbons (Fsp3) is 0.920. The average molecular weight is 474 g/mol. The zero-order chi connectivity index (χ0) is 25.3. The van der Waals surface area contributed by atoms with Crippen molar-refractivity contribution in [3.8, 4) is 0 Å². The summed E-state index contributed by atoms with van der Waals surface area (Å²) in [6.07, 6.45) is 4.43. The van der Waals surface area contributed by atoms with Gasteiger partial charge in [-0.05, 0) is 47.7 Å². The molecule has 0 rings (SSSR count). The predicted molar refractivity (Wildman–Crippen MR) is 136 cm³/mol. The van der Waals surface area contributed by atoms with Crippen molar-refractivity contribution in [3.63, 3.8) is 0 Å². The number of hydrogen-bond donors (Lipinski definition) is 3. The predicted octanol–water partition coefficient (Wildman–Crippen LogP) is 0.527. The second-order valence-electron chi connectivity index (χ2n) is 11.2. The Kier molecular flexibility index (Phi) is 16.6. The van der Waals surface area contributed by atoms with Crippen LogP contribution in [0.15, 0.2) is 0 Å². The molecule has 0 saturated carbocycles. The van der Waals surface area contributed by atoms with Crippen LogP contribution in [0.5, 0.6) is 0 Å². The first-order chi connectivity index (χ1) is 15.3. The van der Waals surface area contributed by atoms with E-state index in [1.807, 2.05) is 14.1 Å². The van der Waals surface area contributed by atoms with E-state index in [-0.39, 0.29) is 17.4 Å². The molecule has 0 bridgehead atoms. The van der Waals surface area contributed by atoms with E-state index in [1.165, 1.54) is 4.90 Å². The van der Waals surface area contributed by atoms with Gasteiger partial charge in [-0.15, -0.1) is 0 Å². The molecule has 196 valence electrons. The van der Waals surface area contributed by atoms with Crippen LogP contribution >= 0.6 is 0 Å². The maximum Gasteiger partial charge on any atom is 0.219 e. The summed E-state index contributed by atoms with van der Waals surface area (Å²) in [7, 11) is 10.7. The van der Waals surface area contributed by atoms with Crippen molar-refractivity contribution in [2.45, 2.75) is 64.8 Å². The van der Waals surface area contributed by atoms with E-state index >= 15 is 0 Å². The molecule has 0 spiro atoms. The molecule has 0 aliphatic carbocycles. The summed E-state index contributed by atoms with van der Waals surface area (Å²) in [5.41, 5.74) is 0.237. The van der Waals surface area contributed by atoms with Crippen molar-refractivity contribution in [3.05, 3.63) is 0 Å². The van der Waals surface area contributed by atoms with Gasteiger partial charge in [0.25, 0.3) is 0 Å². The lowest BCUT2D eigenvalue weighted by Gasteiger charge is -2.29. The molecule has 0 saturated heterocycles. The number of likely N-dealkylation sites (N-methyl/N-ethyl adjacent to an activating group) is 2. The molecule has 8 nitrogen and oxygen atoms in total. The number of hydrogen-bond acceptors (Lipinski definition) is 4. The fourth-order valence-electron chi connectivity index (χ4n) is 3.21. The molecule has 1 unspecified atom stereocenters. The largest absolute Gasteiger partial charge is 0.374 e. The molecular formula is C25H55N5O3+2. The Morgan fingerprint density at radius 2 is 1.42 bits per heavy atom. The van der Waals surface area contributed by atoms with E-state index in [0.717, 1.165) is 76.1 Å². The zero-order valence-corrected chi connectivity index (χ0v) is 23.0. The number of unbranched alkanes of at least 4 members (excludes halogenated alkanes) is 1. The van der Waals surface area contributed by atoms with E-state index in [0.29, 0.717) is 19.4 Å². The summed E-state index contributed by atoms with van der Waals surface area (Å²) in [5, 5.41) is 6.00. The second kappa shape index (κ2) is 17.2. The summed E-state index contributed by atoms with van der Waals surface area (Å²) in [6, 6.07) is 0. The van der Waals surface area contributed by atoms with Crippen LogP contribution in [0.1, 0.15) is 59.3 Å². The molecule has 1 atom stereocenters. The van der Waals surface area contributed by atoms with Crippen molar-refractivity contribution in [2.24, 2.45) is 0 Å². The summed E-state index contributed by atoms with van der Waals surface area (Å²) in [5.74, 6) is 0.176. The minimum absolute atomic E-state index is 0.0842. The second-order valence-corrected chi connectivity index (χ2v) is 11.2. The highest BCUT2D eigenvalue weighted by atomic mass is 16.5. The number of ether oxygens (including phenoxy) is 1. The Morgan fingerprint density at radius 1 is 0.879 bits per heavy atom. The first-order valence-corrected chi connectivity index (χ1v) is 12.7. The Balaban J connectivity index is 3.67. The SMILES string of the molecule is CN(C)CCOCC[N+](C)(C)CCCNC(=O)CCCCC(=O)NCCC[NH+](C)C(C)(C)C. The molecule has 0 aromatic heterocycles.